The highest BCUT2D eigenvalue weighted by molar-refractivity contribution is 7.08. The molecule has 0 atom stereocenters. The maximum Gasteiger partial charge on any atom is 0.161 e. The number of rotatable bonds is 5. The van der Waals surface area contributed by atoms with Crippen molar-refractivity contribution in [2.45, 2.75) is 6.92 Å². The van der Waals surface area contributed by atoms with Gasteiger partial charge in [0.1, 0.15) is 11.0 Å². The summed E-state index contributed by atoms with van der Waals surface area (Å²) < 4.78 is 15.2. The standard InChI is InChI=1S/C19H18N2O2S/c1-5-12(6-2)19-18-15(21-24-19)9-14(11-20-18)13-7-8-16(22-3)17(10-13)23-4/h5-11H,1H2,2-4H3/b12-6+. The molecule has 0 fully saturated rings. The summed E-state index contributed by atoms with van der Waals surface area (Å²) in [6.45, 7) is 5.84. The first-order valence-corrected chi connectivity index (χ1v) is 8.26. The average Bonchev–Trinajstić information content (AvgIpc) is 3.05. The number of ether oxygens (including phenoxy) is 2. The molecule has 0 radical (unpaired) electrons. The summed E-state index contributed by atoms with van der Waals surface area (Å²) in [5.74, 6) is 1.40. The Labute approximate surface area is 145 Å². The lowest BCUT2D eigenvalue weighted by Crippen LogP contribution is -1.91. The molecule has 3 aromatic rings. The van der Waals surface area contributed by atoms with Crippen molar-refractivity contribution in [3.05, 3.63) is 54.1 Å². The van der Waals surface area contributed by atoms with Crippen LogP contribution in [0.25, 0.3) is 27.7 Å². The molecule has 0 saturated heterocycles. The van der Waals surface area contributed by atoms with Crippen LogP contribution in [-0.4, -0.2) is 23.6 Å². The third-order valence-electron chi connectivity index (χ3n) is 3.83. The van der Waals surface area contributed by atoms with Gasteiger partial charge < -0.3 is 9.47 Å². The van der Waals surface area contributed by atoms with Crippen molar-refractivity contribution in [2.24, 2.45) is 0 Å². The smallest absolute Gasteiger partial charge is 0.161 e. The Morgan fingerprint density at radius 2 is 1.92 bits per heavy atom. The molecule has 0 bridgehead atoms. The summed E-state index contributed by atoms with van der Waals surface area (Å²) in [7, 11) is 3.25. The maximum atomic E-state index is 5.37. The molecule has 4 nitrogen and oxygen atoms in total. The summed E-state index contributed by atoms with van der Waals surface area (Å²) in [6.07, 6.45) is 5.71. The van der Waals surface area contributed by atoms with Gasteiger partial charge in [-0.2, -0.15) is 4.37 Å². The van der Waals surface area contributed by atoms with E-state index in [-0.39, 0.29) is 0 Å². The average molecular weight is 338 g/mol. The van der Waals surface area contributed by atoms with Crippen molar-refractivity contribution in [2.75, 3.05) is 14.2 Å². The molecule has 0 aliphatic heterocycles. The van der Waals surface area contributed by atoms with Crippen LogP contribution in [0, 0.1) is 0 Å². The SMILES string of the molecule is C=C/C(=C\C)c1snc2cc(-c3ccc(OC)c(OC)c3)cnc12. The number of benzene rings is 1. The van der Waals surface area contributed by atoms with E-state index in [0.29, 0.717) is 11.5 Å². The number of pyridine rings is 1. The Morgan fingerprint density at radius 3 is 2.58 bits per heavy atom. The van der Waals surface area contributed by atoms with Gasteiger partial charge >= 0.3 is 0 Å². The highest BCUT2D eigenvalue weighted by Gasteiger charge is 2.12. The van der Waals surface area contributed by atoms with Gasteiger partial charge in [-0.15, -0.1) is 0 Å². The van der Waals surface area contributed by atoms with E-state index in [0.717, 1.165) is 32.6 Å². The first-order valence-electron chi connectivity index (χ1n) is 7.48. The van der Waals surface area contributed by atoms with Gasteiger partial charge in [0.2, 0.25) is 0 Å². The Kier molecular flexibility index (Phi) is 4.62. The molecule has 0 N–H and O–H groups in total. The van der Waals surface area contributed by atoms with E-state index in [4.69, 9.17) is 9.47 Å². The van der Waals surface area contributed by atoms with Crippen LogP contribution in [0.15, 0.2) is 49.2 Å². The highest BCUT2D eigenvalue weighted by atomic mass is 32.1. The van der Waals surface area contributed by atoms with Gasteiger partial charge in [-0.05, 0) is 47.8 Å². The number of methoxy groups -OCH3 is 2. The Morgan fingerprint density at radius 1 is 1.12 bits per heavy atom. The number of hydrogen-bond acceptors (Lipinski definition) is 5. The quantitative estimate of drug-likeness (QED) is 0.616. The van der Waals surface area contributed by atoms with E-state index in [9.17, 15) is 0 Å². The van der Waals surface area contributed by atoms with Crippen molar-refractivity contribution >= 4 is 28.1 Å². The Balaban J connectivity index is 2.08. The van der Waals surface area contributed by atoms with Crippen LogP contribution in [0.1, 0.15) is 11.8 Å². The van der Waals surface area contributed by atoms with Crippen molar-refractivity contribution < 1.29 is 9.47 Å². The maximum absolute atomic E-state index is 5.37. The molecule has 5 heteroatoms. The van der Waals surface area contributed by atoms with E-state index in [2.05, 4.69) is 15.9 Å². The van der Waals surface area contributed by atoms with Crippen molar-refractivity contribution in [1.29, 1.82) is 0 Å². The fourth-order valence-corrected chi connectivity index (χ4v) is 3.42. The van der Waals surface area contributed by atoms with Gasteiger partial charge in [-0.3, -0.25) is 4.98 Å². The number of nitrogens with zero attached hydrogens (tertiary/aromatic N) is 2. The predicted molar refractivity (Wildman–Crippen MR) is 99.8 cm³/mol. The van der Waals surface area contributed by atoms with Gasteiger partial charge in [-0.1, -0.05) is 24.8 Å². The fourth-order valence-electron chi connectivity index (χ4n) is 2.54. The van der Waals surface area contributed by atoms with Crippen molar-refractivity contribution in [3.8, 4) is 22.6 Å². The first-order chi connectivity index (χ1) is 11.7. The molecular weight excluding hydrogens is 320 g/mol. The van der Waals surface area contributed by atoms with Gasteiger partial charge in [0.15, 0.2) is 11.5 Å². The van der Waals surface area contributed by atoms with Crippen LogP contribution in [0.5, 0.6) is 11.5 Å². The molecule has 0 unspecified atom stereocenters. The molecule has 0 saturated carbocycles. The minimum absolute atomic E-state index is 0.692. The van der Waals surface area contributed by atoms with Crippen LogP contribution in [-0.2, 0) is 0 Å². The lowest BCUT2D eigenvalue weighted by Gasteiger charge is -2.09. The van der Waals surface area contributed by atoms with E-state index in [1.165, 1.54) is 11.5 Å². The summed E-state index contributed by atoms with van der Waals surface area (Å²) in [4.78, 5) is 5.66. The lowest BCUT2D eigenvalue weighted by molar-refractivity contribution is 0.355. The van der Waals surface area contributed by atoms with Crippen LogP contribution >= 0.6 is 11.5 Å². The molecule has 24 heavy (non-hydrogen) atoms. The summed E-state index contributed by atoms with van der Waals surface area (Å²) >= 11 is 1.44. The number of fused-ring (bicyclic) bond motifs is 1. The molecule has 0 aliphatic rings. The monoisotopic (exact) mass is 338 g/mol. The van der Waals surface area contributed by atoms with E-state index < -0.39 is 0 Å². The van der Waals surface area contributed by atoms with Crippen LogP contribution in [0.4, 0.5) is 0 Å². The third-order valence-corrected chi connectivity index (χ3v) is 4.73. The second kappa shape index (κ2) is 6.84. The van der Waals surface area contributed by atoms with Crippen LogP contribution < -0.4 is 9.47 Å². The first kappa shape index (κ1) is 16.2. The van der Waals surface area contributed by atoms with Gasteiger partial charge in [0, 0.05) is 11.8 Å². The lowest BCUT2D eigenvalue weighted by atomic mass is 10.1. The zero-order chi connectivity index (χ0) is 17.1. The molecule has 0 aliphatic carbocycles. The molecule has 2 aromatic heterocycles. The van der Waals surface area contributed by atoms with E-state index in [1.54, 1.807) is 14.2 Å². The number of aromatic nitrogens is 2. The van der Waals surface area contributed by atoms with E-state index >= 15 is 0 Å². The molecule has 3 rings (SSSR count). The normalized spacial score (nSPS) is 11.5. The molecule has 122 valence electrons. The largest absolute Gasteiger partial charge is 0.493 e. The molecule has 0 spiro atoms. The second-order valence-electron chi connectivity index (χ2n) is 5.12. The summed E-state index contributed by atoms with van der Waals surface area (Å²) in [6, 6.07) is 7.86. The zero-order valence-corrected chi connectivity index (χ0v) is 14.7. The molecule has 0 amide bonds. The predicted octanol–water partition coefficient (Wildman–Crippen LogP) is 4.96. The van der Waals surface area contributed by atoms with E-state index in [1.807, 2.05) is 49.5 Å². The minimum Gasteiger partial charge on any atom is -0.493 e. The summed E-state index contributed by atoms with van der Waals surface area (Å²) in [5, 5.41) is 0. The van der Waals surface area contributed by atoms with Gasteiger partial charge in [-0.25, -0.2) is 0 Å². The third kappa shape index (κ3) is 2.78. The molecule has 1 aromatic carbocycles. The van der Waals surface area contributed by atoms with Gasteiger partial charge in [0.05, 0.1) is 19.1 Å². The van der Waals surface area contributed by atoms with Crippen LogP contribution in [0.2, 0.25) is 0 Å². The van der Waals surface area contributed by atoms with Crippen molar-refractivity contribution in [3.63, 3.8) is 0 Å². The number of allylic oxidation sites excluding steroid dienone is 3. The fraction of sp³-hybridized carbons (Fsp3) is 0.158. The molecule has 2 heterocycles. The minimum atomic E-state index is 0.692. The summed E-state index contributed by atoms with van der Waals surface area (Å²) in [5.41, 5.74) is 4.82. The topological polar surface area (TPSA) is 44.2 Å². The highest BCUT2D eigenvalue weighted by Crippen LogP contribution is 2.34. The Bertz CT molecular complexity index is 928. The second-order valence-corrected chi connectivity index (χ2v) is 5.89. The van der Waals surface area contributed by atoms with Crippen molar-refractivity contribution in [1.82, 2.24) is 9.36 Å². The van der Waals surface area contributed by atoms with Crippen LogP contribution in [0.3, 0.4) is 0 Å². The Hall–Kier alpha value is -2.66. The zero-order valence-electron chi connectivity index (χ0n) is 13.9. The molecular formula is C19H18N2O2S. The van der Waals surface area contributed by atoms with Gasteiger partial charge in [0.25, 0.3) is 0 Å². The number of hydrogen-bond donors (Lipinski definition) is 0.